The van der Waals surface area contributed by atoms with Gasteiger partial charge in [-0.2, -0.15) is 4.99 Å². The third-order valence-electron chi connectivity index (χ3n) is 5.39. The number of thioether (sulfide) groups is 1. The summed E-state index contributed by atoms with van der Waals surface area (Å²) in [6.45, 7) is 0.160. The molecular formula is C21H20N2O5S2. The van der Waals surface area contributed by atoms with Crippen LogP contribution < -0.4 is 14.4 Å². The normalized spacial score (nSPS) is 24.9. The van der Waals surface area contributed by atoms with Gasteiger partial charge in [-0.15, -0.1) is 0 Å². The molecule has 156 valence electrons. The maximum absolute atomic E-state index is 12.6. The molecule has 0 saturated carbocycles. The largest absolute Gasteiger partial charge is 0.454 e. The van der Waals surface area contributed by atoms with Gasteiger partial charge in [-0.3, -0.25) is 4.79 Å². The Hall–Kier alpha value is -2.52. The third kappa shape index (κ3) is 3.79. The van der Waals surface area contributed by atoms with Gasteiger partial charge < -0.3 is 14.4 Å². The number of amidine groups is 1. The Labute approximate surface area is 179 Å². The first-order chi connectivity index (χ1) is 14.5. The maximum atomic E-state index is 12.6. The van der Waals surface area contributed by atoms with E-state index in [4.69, 9.17) is 9.47 Å². The van der Waals surface area contributed by atoms with Crippen molar-refractivity contribution in [2.45, 2.75) is 24.1 Å². The Bertz CT molecular complexity index is 1120. The number of rotatable bonds is 4. The highest BCUT2D eigenvalue weighted by molar-refractivity contribution is 8.16. The van der Waals surface area contributed by atoms with Gasteiger partial charge in [0.2, 0.25) is 12.7 Å². The van der Waals surface area contributed by atoms with E-state index in [1.165, 1.54) is 11.8 Å². The lowest BCUT2D eigenvalue weighted by Gasteiger charge is -2.24. The summed E-state index contributed by atoms with van der Waals surface area (Å²) in [6.07, 6.45) is 0.920. The van der Waals surface area contributed by atoms with Gasteiger partial charge in [-0.05, 0) is 24.1 Å². The van der Waals surface area contributed by atoms with E-state index in [1.807, 2.05) is 47.4 Å². The number of ether oxygens (including phenoxy) is 2. The highest BCUT2D eigenvalue weighted by Crippen LogP contribution is 2.43. The minimum atomic E-state index is -3.11. The van der Waals surface area contributed by atoms with Gasteiger partial charge >= 0.3 is 0 Å². The van der Waals surface area contributed by atoms with Gasteiger partial charge in [0.25, 0.3) is 0 Å². The molecule has 0 spiro atoms. The second-order valence-corrected chi connectivity index (χ2v) is 10.8. The van der Waals surface area contributed by atoms with Crippen LogP contribution in [-0.4, -0.2) is 49.1 Å². The summed E-state index contributed by atoms with van der Waals surface area (Å²) in [4.78, 5) is 18.8. The summed E-state index contributed by atoms with van der Waals surface area (Å²) in [5.41, 5.74) is 1.84. The van der Waals surface area contributed by atoms with Crippen molar-refractivity contribution in [2.24, 2.45) is 4.99 Å². The van der Waals surface area contributed by atoms with Crippen LogP contribution in [0.15, 0.2) is 53.5 Å². The Kier molecular flexibility index (Phi) is 4.94. The fourth-order valence-electron chi connectivity index (χ4n) is 3.96. The first-order valence-corrected chi connectivity index (χ1v) is 12.4. The van der Waals surface area contributed by atoms with Crippen LogP contribution in [0, 0.1) is 0 Å². The van der Waals surface area contributed by atoms with Gasteiger partial charge in [0.1, 0.15) is 0 Å². The quantitative estimate of drug-likeness (QED) is 0.717. The van der Waals surface area contributed by atoms with E-state index < -0.39 is 9.84 Å². The molecule has 3 aliphatic rings. The van der Waals surface area contributed by atoms with Crippen LogP contribution in [0.5, 0.6) is 11.5 Å². The third-order valence-corrected chi connectivity index (χ3v) is 8.60. The van der Waals surface area contributed by atoms with E-state index >= 15 is 0 Å². The molecule has 0 bridgehead atoms. The van der Waals surface area contributed by atoms with Crippen molar-refractivity contribution in [3.05, 3.63) is 54.1 Å². The van der Waals surface area contributed by atoms with Crippen molar-refractivity contribution in [3.63, 3.8) is 0 Å². The van der Waals surface area contributed by atoms with Crippen LogP contribution in [-0.2, 0) is 21.1 Å². The number of benzene rings is 2. The van der Waals surface area contributed by atoms with Crippen LogP contribution in [0.25, 0.3) is 0 Å². The van der Waals surface area contributed by atoms with Crippen molar-refractivity contribution in [2.75, 3.05) is 23.2 Å². The number of fused-ring (bicyclic) bond motifs is 2. The lowest BCUT2D eigenvalue weighted by Crippen LogP contribution is -2.37. The molecule has 2 fully saturated rings. The molecule has 9 heteroatoms. The molecule has 2 atom stereocenters. The zero-order chi connectivity index (χ0) is 20.7. The van der Waals surface area contributed by atoms with E-state index in [1.54, 1.807) is 6.07 Å². The maximum Gasteiger partial charge on any atom is 0.248 e. The number of anilines is 1. The highest BCUT2D eigenvalue weighted by atomic mass is 32.2. The number of nitrogens with zero attached hydrogens (tertiary/aromatic N) is 2. The SMILES string of the molecule is O=C(CCc1ccccc1)N=C1S[C@H]2CS(=O)(=O)C[C@H]2N1c1ccc2c(c1)OCO2. The van der Waals surface area contributed by atoms with Crippen LogP contribution >= 0.6 is 11.8 Å². The van der Waals surface area contributed by atoms with Gasteiger partial charge in [0.15, 0.2) is 26.5 Å². The first kappa shape index (κ1) is 19.4. The predicted molar refractivity (Wildman–Crippen MR) is 116 cm³/mol. The Morgan fingerprint density at radius 2 is 1.90 bits per heavy atom. The molecule has 5 rings (SSSR count). The fraction of sp³-hybridized carbons (Fsp3) is 0.333. The molecule has 7 nitrogen and oxygen atoms in total. The van der Waals surface area contributed by atoms with Crippen molar-refractivity contribution in [1.29, 1.82) is 0 Å². The Morgan fingerprint density at radius 1 is 1.10 bits per heavy atom. The lowest BCUT2D eigenvalue weighted by atomic mass is 10.1. The summed E-state index contributed by atoms with van der Waals surface area (Å²) < 4.78 is 35.3. The van der Waals surface area contributed by atoms with E-state index in [0.29, 0.717) is 29.5 Å². The number of carbonyl (C=O) groups is 1. The average Bonchev–Trinajstić information content (AvgIpc) is 3.38. The molecule has 3 heterocycles. The molecule has 0 N–H and O–H groups in total. The molecule has 30 heavy (non-hydrogen) atoms. The summed E-state index contributed by atoms with van der Waals surface area (Å²) in [5.74, 6) is 1.20. The molecule has 1 amide bonds. The van der Waals surface area contributed by atoms with Crippen LogP contribution in [0.2, 0.25) is 0 Å². The smallest absolute Gasteiger partial charge is 0.248 e. The second-order valence-electron chi connectivity index (χ2n) is 7.48. The summed E-state index contributed by atoms with van der Waals surface area (Å²) in [7, 11) is -3.11. The van der Waals surface area contributed by atoms with E-state index in [-0.39, 0.29) is 35.5 Å². The molecule has 0 unspecified atom stereocenters. The molecule has 0 radical (unpaired) electrons. The predicted octanol–water partition coefficient (Wildman–Crippen LogP) is 2.65. The first-order valence-electron chi connectivity index (χ1n) is 9.70. The summed E-state index contributed by atoms with van der Waals surface area (Å²) in [6, 6.07) is 15.0. The molecular weight excluding hydrogens is 424 g/mol. The molecule has 2 aromatic rings. The second kappa shape index (κ2) is 7.63. The number of amides is 1. The number of sulfone groups is 1. The van der Waals surface area contributed by atoms with Gasteiger partial charge in [-0.25, -0.2) is 8.42 Å². The number of aryl methyl sites for hydroxylation is 1. The molecule has 2 saturated heterocycles. The fourth-order valence-corrected chi connectivity index (χ4v) is 7.89. The lowest BCUT2D eigenvalue weighted by molar-refractivity contribution is -0.117. The molecule has 0 aliphatic carbocycles. The Balaban J connectivity index is 1.41. The molecule has 0 aromatic heterocycles. The van der Waals surface area contributed by atoms with Crippen molar-refractivity contribution in [3.8, 4) is 11.5 Å². The summed E-state index contributed by atoms with van der Waals surface area (Å²) in [5, 5.41) is 0.415. The van der Waals surface area contributed by atoms with Crippen molar-refractivity contribution >= 4 is 38.4 Å². The summed E-state index contributed by atoms with van der Waals surface area (Å²) >= 11 is 1.37. The monoisotopic (exact) mass is 444 g/mol. The van der Waals surface area contributed by atoms with Gasteiger partial charge in [0, 0.05) is 23.4 Å². The molecule has 2 aromatic carbocycles. The van der Waals surface area contributed by atoms with E-state index in [0.717, 1.165) is 11.3 Å². The molecule has 3 aliphatic heterocycles. The number of hydrogen-bond acceptors (Lipinski definition) is 6. The minimum absolute atomic E-state index is 0.0519. The number of carbonyl (C=O) groups excluding carboxylic acids is 1. The zero-order valence-corrected chi connectivity index (χ0v) is 17.7. The standard InChI is InChI=1S/C21H20N2O5S2/c24-20(9-6-14-4-2-1-3-5-14)22-21-23(16-11-30(25,26)12-19(16)29-21)15-7-8-17-18(10-15)28-13-27-17/h1-5,7-8,10,16,19H,6,9,11-13H2/t16-,19+/m1/s1. The number of aliphatic imine (C=N–C) groups is 1. The van der Waals surface area contributed by atoms with Crippen molar-refractivity contribution in [1.82, 2.24) is 0 Å². The van der Waals surface area contributed by atoms with Crippen LogP contribution in [0.3, 0.4) is 0 Å². The minimum Gasteiger partial charge on any atom is -0.454 e. The van der Waals surface area contributed by atoms with Crippen LogP contribution in [0.1, 0.15) is 12.0 Å². The topological polar surface area (TPSA) is 85.3 Å². The number of hydrogen-bond donors (Lipinski definition) is 0. The van der Waals surface area contributed by atoms with E-state index in [2.05, 4.69) is 4.99 Å². The highest BCUT2D eigenvalue weighted by Gasteiger charge is 2.49. The zero-order valence-electron chi connectivity index (χ0n) is 16.1. The van der Waals surface area contributed by atoms with Crippen LogP contribution in [0.4, 0.5) is 5.69 Å². The van der Waals surface area contributed by atoms with Gasteiger partial charge in [-0.1, -0.05) is 42.1 Å². The van der Waals surface area contributed by atoms with Crippen molar-refractivity contribution < 1.29 is 22.7 Å². The van der Waals surface area contributed by atoms with E-state index in [9.17, 15) is 13.2 Å². The Morgan fingerprint density at radius 3 is 2.73 bits per heavy atom. The van der Waals surface area contributed by atoms with Gasteiger partial charge in [0.05, 0.1) is 17.5 Å². The average molecular weight is 445 g/mol.